The molecule has 0 spiro atoms. The van der Waals surface area contributed by atoms with Crippen LogP contribution in [-0.4, -0.2) is 25.5 Å². The lowest BCUT2D eigenvalue weighted by Crippen LogP contribution is -2.40. The van der Waals surface area contributed by atoms with Crippen molar-refractivity contribution in [3.05, 3.63) is 42.2 Å². The summed E-state index contributed by atoms with van der Waals surface area (Å²) in [6.45, 7) is 4.90. The molecule has 3 nitrogen and oxygen atoms in total. The average molecular weight is 248 g/mol. The Morgan fingerprint density at radius 2 is 2.39 bits per heavy atom. The number of carbonyl (C=O) groups excluding carboxylic acids is 1. The summed E-state index contributed by atoms with van der Waals surface area (Å²) in [5, 5.41) is 2.71. The summed E-state index contributed by atoms with van der Waals surface area (Å²) >= 11 is 0. The number of hydrogen-bond acceptors (Lipinski definition) is 2. The number of carbonyl (C=O) groups is 1. The van der Waals surface area contributed by atoms with E-state index in [9.17, 15) is 9.18 Å². The van der Waals surface area contributed by atoms with Gasteiger partial charge < -0.3 is 10.2 Å². The highest BCUT2D eigenvalue weighted by Gasteiger charge is 2.21. The molecule has 1 aromatic rings. The number of nitrogens with zero attached hydrogens (tertiary/aromatic N) is 1. The zero-order valence-corrected chi connectivity index (χ0v) is 10.3. The maximum atomic E-state index is 13.8. The zero-order valence-electron chi connectivity index (χ0n) is 10.3. The van der Waals surface area contributed by atoms with Gasteiger partial charge in [0, 0.05) is 13.1 Å². The maximum Gasteiger partial charge on any atom is 0.239 e. The van der Waals surface area contributed by atoms with Crippen LogP contribution >= 0.6 is 0 Å². The molecule has 0 fully saturated rings. The Morgan fingerprint density at radius 1 is 1.56 bits per heavy atom. The number of fused-ring (bicyclic) bond motifs is 1. The van der Waals surface area contributed by atoms with Crippen molar-refractivity contribution in [2.45, 2.75) is 12.8 Å². The first-order chi connectivity index (χ1) is 8.72. The molecule has 1 heterocycles. The number of rotatable bonds is 4. The van der Waals surface area contributed by atoms with E-state index in [0.717, 1.165) is 24.9 Å². The van der Waals surface area contributed by atoms with Gasteiger partial charge >= 0.3 is 0 Å². The molecule has 2 rings (SSSR count). The van der Waals surface area contributed by atoms with Crippen molar-refractivity contribution in [2.24, 2.45) is 0 Å². The number of aryl methyl sites for hydroxylation is 1. The second-order valence-electron chi connectivity index (χ2n) is 4.37. The molecule has 4 heteroatoms. The van der Waals surface area contributed by atoms with Gasteiger partial charge in [-0.3, -0.25) is 4.79 Å². The first kappa shape index (κ1) is 12.6. The number of hydrogen-bond donors (Lipinski definition) is 1. The average Bonchev–Trinajstić information content (AvgIpc) is 2.37. The van der Waals surface area contributed by atoms with Crippen molar-refractivity contribution in [2.75, 3.05) is 24.5 Å². The molecule has 0 aliphatic carbocycles. The van der Waals surface area contributed by atoms with Gasteiger partial charge in [0.2, 0.25) is 5.91 Å². The molecule has 0 saturated heterocycles. The Kier molecular flexibility index (Phi) is 3.97. The normalized spacial score (nSPS) is 13.9. The summed E-state index contributed by atoms with van der Waals surface area (Å²) in [7, 11) is 0. The van der Waals surface area contributed by atoms with E-state index >= 15 is 0 Å². The van der Waals surface area contributed by atoms with Crippen LogP contribution in [0.3, 0.4) is 0 Å². The molecular formula is C14H17FN2O. The molecule has 1 aliphatic heterocycles. The van der Waals surface area contributed by atoms with Gasteiger partial charge in [-0.1, -0.05) is 18.2 Å². The van der Waals surface area contributed by atoms with Crippen molar-refractivity contribution in [3.8, 4) is 0 Å². The van der Waals surface area contributed by atoms with Crippen LogP contribution in [0.25, 0.3) is 0 Å². The van der Waals surface area contributed by atoms with E-state index in [-0.39, 0.29) is 18.3 Å². The Hall–Kier alpha value is -1.84. The van der Waals surface area contributed by atoms with Gasteiger partial charge in [-0.25, -0.2) is 4.39 Å². The van der Waals surface area contributed by atoms with Crippen LogP contribution in [0.4, 0.5) is 10.1 Å². The van der Waals surface area contributed by atoms with Gasteiger partial charge in [0.15, 0.2) is 0 Å². The first-order valence-electron chi connectivity index (χ1n) is 6.12. The van der Waals surface area contributed by atoms with E-state index in [0.29, 0.717) is 12.2 Å². The monoisotopic (exact) mass is 248 g/mol. The highest BCUT2D eigenvalue weighted by Crippen LogP contribution is 2.29. The van der Waals surface area contributed by atoms with Crippen LogP contribution < -0.4 is 10.2 Å². The predicted molar refractivity (Wildman–Crippen MR) is 70.1 cm³/mol. The molecule has 18 heavy (non-hydrogen) atoms. The number of nitrogens with one attached hydrogen (secondary N) is 1. The van der Waals surface area contributed by atoms with Crippen molar-refractivity contribution in [1.29, 1.82) is 0 Å². The summed E-state index contributed by atoms with van der Waals surface area (Å²) in [5.41, 5.74) is 1.57. The molecule has 0 radical (unpaired) electrons. The van der Waals surface area contributed by atoms with Crippen LogP contribution in [-0.2, 0) is 11.2 Å². The number of amides is 1. The summed E-state index contributed by atoms with van der Waals surface area (Å²) in [5.74, 6) is -0.352. The number of anilines is 1. The third-order valence-electron chi connectivity index (χ3n) is 3.04. The highest BCUT2D eigenvalue weighted by molar-refractivity contribution is 5.82. The molecular weight excluding hydrogens is 231 g/mol. The molecule has 1 N–H and O–H groups in total. The quantitative estimate of drug-likeness (QED) is 0.825. The fraction of sp³-hybridized carbons (Fsp3) is 0.357. The smallest absolute Gasteiger partial charge is 0.239 e. The van der Waals surface area contributed by atoms with E-state index in [1.54, 1.807) is 12.1 Å². The summed E-state index contributed by atoms with van der Waals surface area (Å²) in [4.78, 5) is 13.5. The van der Waals surface area contributed by atoms with Crippen LogP contribution in [0, 0.1) is 5.82 Å². The van der Waals surface area contributed by atoms with E-state index in [1.165, 1.54) is 6.07 Å². The van der Waals surface area contributed by atoms with Crippen molar-refractivity contribution in [3.63, 3.8) is 0 Å². The standard InChI is InChI=1S/C14H17FN2O/c1-2-8-16-13(18)10-17-9-4-6-11-5-3-7-12(15)14(11)17/h2-3,5,7H,1,4,6,8-10H2,(H,16,18). The number of benzene rings is 1. The molecule has 0 aromatic heterocycles. The van der Waals surface area contributed by atoms with E-state index in [4.69, 9.17) is 0 Å². The number of para-hydroxylation sites is 1. The van der Waals surface area contributed by atoms with Gasteiger partial charge in [0.1, 0.15) is 5.82 Å². The SMILES string of the molecule is C=CCNC(=O)CN1CCCc2cccc(F)c21. The Morgan fingerprint density at radius 3 is 3.17 bits per heavy atom. The van der Waals surface area contributed by atoms with Crippen molar-refractivity contribution in [1.82, 2.24) is 5.32 Å². The third-order valence-corrected chi connectivity index (χ3v) is 3.04. The minimum atomic E-state index is -0.247. The van der Waals surface area contributed by atoms with E-state index < -0.39 is 0 Å². The molecule has 1 amide bonds. The Balaban J connectivity index is 2.12. The minimum absolute atomic E-state index is 0.106. The topological polar surface area (TPSA) is 32.3 Å². The highest BCUT2D eigenvalue weighted by atomic mass is 19.1. The Labute approximate surface area is 106 Å². The van der Waals surface area contributed by atoms with Crippen molar-refractivity contribution < 1.29 is 9.18 Å². The van der Waals surface area contributed by atoms with Crippen LogP contribution in [0.5, 0.6) is 0 Å². The largest absolute Gasteiger partial charge is 0.360 e. The molecule has 0 unspecified atom stereocenters. The Bertz CT molecular complexity index is 459. The molecule has 1 aromatic carbocycles. The second-order valence-corrected chi connectivity index (χ2v) is 4.37. The van der Waals surface area contributed by atoms with Gasteiger partial charge in [-0.05, 0) is 24.5 Å². The van der Waals surface area contributed by atoms with Crippen molar-refractivity contribution >= 4 is 11.6 Å². The van der Waals surface area contributed by atoms with Crippen LogP contribution in [0.2, 0.25) is 0 Å². The van der Waals surface area contributed by atoms with Gasteiger partial charge in [0.25, 0.3) is 0 Å². The molecule has 0 bridgehead atoms. The predicted octanol–water partition coefficient (Wildman–Crippen LogP) is 1.88. The lowest BCUT2D eigenvalue weighted by molar-refractivity contribution is -0.119. The fourth-order valence-corrected chi connectivity index (χ4v) is 2.26. The minimum Gasteiger partial charge on any atom is -0.360 e. The number of halogens is 1. The summed E-state index contributed by atoms with van der Waals surface area (Å²) in [6, 6.07) is 5.08. The maximum absolute atomic E-state index is 13.8. The molecule has 0 saturated carbocycles. The molecule has 0 atom stereocenters. The third kappa shape index (κ3) is 2.70. The van der Waals surface area contributed by atoms with Crippen LogP contribution in [0.15, 0.2) is 30.9 Å². The van der Waals surface area contributed by atoms with Gasteiger partial charge in [0.05, 0.1) is 12.2 Å². The lowest BCUT2D eigenvalue weighted by atomic mass is 10.0. The van der Waals surface area contributed by atoms with Crippen LogP contribution in [0.1, 0.15) is 12.0 Å². The zero-order chi connectivity index (χ0) is 13.0. The first-order valence-corrected chi connectivity index (χ1v) is 6.12. The summed E-state index contributed by atoms with van der Waals surface area (Å²) in [6.07, 6.45) is 3.45. The molecule has 96 valence electrons. The lowest BCUT2D eigenvalue weighted by Gasteiger charge is -2.30. The van der Waals surface area contributed by atoms with Gasteiger partial charge in [-0.15, -0.1) is 6.58 Å². The molecule has 1 aliphatic rings. The second kappa shape index (κ2) is 5.67. The van der Waals surface area contributed by atoms with Gasteiger partial charge in [-0.2, -0.15) is 0 Å². The van der Waals surface area contributed by atoms with E-state index in [2.05, 4.69) is 11.9 Å². The van der Waals surface area contributed by atoms with E-state index in [1.807, 2.05) is 11.0 Å². The summed E-state index contributed by atoms with van der Waals surface area (Å²) < 4.78 is 13.8. The fourth-order valence-electron chi connectivity index (χ4n) is 2.26.